The van der Waals surface area contributed by atoms with E-state index in [2.05, 4.69) is 17.5 Å². The molecule has 0 radical (unpaired) electrons. The van der Waals surface area contributed by atoms with Crippen LogP contribution in [0.2, 0.25) is 0 Å². The Bertz CT molecular complexity index is 308. The van der Waals surface area contributed by atoms with Crippen LogP contribution < -0.4 is 5.32 Å². The molecule has 0 unspecified atom stereocenters. The van der Waals surface area contributed by atoms with E-state index in [-0.39, 0.29) is 7.33 Å². The summed E-state index contributed by atoms with van der Waals surface area (Å²) >= 11 is 1.60. The predicted molar refractivity (Wildman–Crippen MR) is 64.0 cm³/mol. The van der Waals surface area contributed by atoms with Crippen molar-refractivity contribution < 1.29 is 6.22 Å². The van der Waals surface area contributed by atoms with Gasteiger partial charge >= 0.3 is 0 Å². The summed E-state index contributed by atoms with van der Waals surface area (Å²) in [5, 5.41) is 2.84. The molecule has 1 N–H and O–H groups in total. The third-order valence-corrected chi connectivity index (χ3v) is 2.80. The van der Waals surface area contributed by atoms with Gasteiger partial charge in [0.2, 0.25) is 5.91 Å². The van der Waals surface area contributed by atoms with Crippen LogP contribution in [0.25, 0.3) is 0 Å². The highest BCUT2D eigenvalue weighted by atomic mass is 32.2. The molecule has 0 spiro atoms. The first-order chi connectivity index (χ1) is 6.86. The van der Waals surface area contributed by atoms with Crippen molar-refractivity contribution >= 4 is 17.7 Å². The average Bonchev–Trinajstić information content (AvgIpc) is 2.45. The smallest absolute Gasteiger partial charge is 0.234 e. The summed E-state index contributed by atoms with van der Waals surface area (Å²) in [6.45, 7) is 4.00. The van der Waals surface area contributed by atoms with Crippen molar-refractivity contribution in [1.82, 2.24) is 5.32 Å². The van der Waals surface area contributed by atoms with Gasteiger partial charge < -0.3 is 5.32 Å². The Kier molecular flexibility index (Phi) is 4.53. The van der Waals surface area contributed by atoms with Crippen molar-refractivity contribution in [3.63, 3.8) is 0 Å². The number of thioether (sulfide) groups is 1. The maximum absolute atomic E-state index is 11.0. The van der Waals surface area contributed by atoms with Gasteiger partial charge in [-0.25, -0.2) is 0 Å². The predicted octanol–water partition coefficient (Wildman–Crippen LogP) is 2.85. The van der Waals surface area contributed by atoms with E-state index in [9.17, 15) is 4.79 Å². The molecule has 0 saturated heterocycles. The maximum Gasteiger partial charge on any atom is 0.234 e. The molecular weight excluding hydrogens is 194 g/mol. The first kappa shape index (κ1) is 11.1. The summed E-state index contributed by atoms with van der Waals surface area (Å²) in [4.78, 5) is 12.2. The minimum Gasteiger partial charge on any atom is -0.324 e. The zero-order chi connectivity index (χ0) is 10.4. The highest BCUT2D eigenvalue weighted by Crippen LogP contribution is 2.26. The molecule has 2 rings (SSSR count). The van der Waals surface area contributed by atoms with Crippen molar-refractivity contribution in [2.45, 2.75) is 20.3 Å². The summed E-state index contributed by atoms with van der Waals surface area (Å²) in [6, 6.07) is 0. The Hall–Kier alpha value is -0.960. The molecule has 0 saturated carbocycles. The van der Waals surface area contributed by atoms with Crippen LogP contribution in [-0.4, -0.2) is 11.7 Å². The Morgan fingerprint density at radius 3 is 2.86 bits per heavy atom. The Labute approximate surface area is 90.6 Å². The molecule has 0 bridgehead atoms. The number of hydrogen-bond acceptors (Lipinski definition) is 2. The minimum absolute atomic E-state index is 0. The van der Waals surface area contributed by atoms with Crippen LogP contribution in [-0.2, 0) is 4.79 Å². The lowest BCUT2D eigenvalue weighted by Gasteiger charge is -2.14. The van der Waals surface area contributed by atoms with Crippen LogP contribution in [0, 0.1) is 0 Å². The van der Waals surface area contributed by atoms with Crippen LogP contribution in [0.4, 0.5) is 0 Å². The molecular formula is C11H17NOS. The number of nitrogens with one attached hydrogen (secondary N) is 1. The highest BCUT2D eigenvalue weighted by molar-refractivity contribution is 8.04. The van der Waals surface area contributed by atoms with Gasteiger partial charge in [0.15, 0.2) is 0 Å². The van der Waals surface area contributed by atoms with E-state index in [1.807, 2.05) is 26.0 Å². The topological polar surface area (TPSA) is 29.1 Å². The zero-order valence-corrected chi connectivity index (χ0v) is 9.36. The summed E-state index contributed by atoms with van der Waals surface area (Å²) < 4.78 is 0. The van der Waals surface area contributed by atoms with E-state index in [1.54, 1.807) is 11.8 Å². The van der Waals surface area contributed by atoms with Crippen LogP contribution in [0.5, 0.6) is 0 Å². The number of carbonyl (C=O) groups is 1. The fraction of sp³-hybridized carbons (Fsp3) is 0.364. The number of allylic oxidation sites excluding steroid dienone is 4. The summed E-state index contributed by atoms with van der Waals surface area (Å²) in [6.07, 6.45) is 9.14. The van der Waals surface area contributed by atoms with Gasteiger partial charge in [-0.1, -0.05) is 32.1 Å². The highest BCUT2D eigenvalue weighted by Gasteiger charge is 2.14. The largest absolute Gasteiger partial charge is 0.324 e. The lowest BCUT2D eigenvalue weighted by molar-refractivity contribution is -0.117. The minimum atomic E-state index is 0. The van der Waals surface area contributed by atoms with Gasteiger partial charge in [0.05, 0.1) is 11.4 Å². The molecule has 2 aliphatic rings. The second-order valence-electron chi connectivity index (χ2n) is 2.66. The van der Waals surface area contributed by atoms with Crippen LogP contribution in [0.3, 0.4) is 0 Å². The number of carbonyl (C=O) groups excluding carboxylic acids is 1. The molecule has 14 heavy (non-hydrogen) atoms. The molecule has 1 heterocycles. The quantitative estimate of drug-likeness (QED) is 0.667. The molecule has 3 heteroatoms. The number of amides is 1. The summed E-state index contributed by atoms with van der Waals surface area (Å²) in [5.41, 5.74) is 0.949. The number of hydrogen-bond donors (Lipinski definition) is 1. The van der Waals surface area contributed by atoms with Gasteiger partial charge in [-0.2, -0.15) is 0 Å². The second-order valence-corrected chi connectivity index (χ2v) is 3.67. The van der Waals surface area contributed by atoms with Crippen LogP contribution >= 0.6 is 11.8 Å². The van der Waals surface area contributed by atoms with Crippen LogP contribution in [0.15, 0.2) is 34.9 Å². The molecule has 0 aromatic heterocycles. The van der Waals surface area contributed by atoms with Gasteiger partial charge in [-0.3, -0.25) is 4.79 Å². The number of rotatable bonds is 0. The van der Waals surface area contributed by atoms with Crippen molar-refractivity contribution in [2.24, 2.45) is 0 Å². The van der Waals surface area contributed by atoms with Gasteiger partial charge in [0.25, 0.3) is 0 Å². The molecule has 1 aliphatic heterocycles. The summed E-state index contributed by atoms with van der Waals surface area (Å²) in [5.74, 6) is 0.635. The molecule has 0 atom stereocenters. The van der Waals surface area contributed by atoms with Crippen molar-refractivity contribution in [1.29, 1.82) is 0 Å². The molecule has 0 fully saturated rings. The lowest BCUT2D eigenvalue weighted by Crippen LogP contribution is -2.27. The Morgan fingerprint density at radius 2 is 2.07 bits per heavy atom. The third-order valence-electron chi connectivity index (χ3n) is 1.72. The van der Waals surface area contributed by atoms with Crippen molar-refractivity contribution in [3.05, 3.63) is 34.9 Å². The first-order valence-corrected chi connectivity index (χ1v) is 5.85. The molecule has 1 aliphatic carbocycles. The van der Waals surface area contributed by atoms with Crippen molar-refractivity contribution in [2.75, 3.05) is 5.75 Å². The van der Waals surface area contributed by atoms with Gasteiger partial charge in [0.1, 0.15) is 0 Å². The third kappa shape index (κ3) is 2.77. The van der Waals surface area contributed by atoms with E-state index >= 15 is 0 Å². The van der Waals surface area contributed by atoms with Crippen LogP contribution in [0.1, 0.15) is 21.7 Å². The first-order valence-electron chi connectivity index (χ1n) is 4.86. The van der Waals surface area contributed by atoms with Gasteiger partial charge in [0, 0.05) is 6.33 Å². The monoisotopic (exact) mass is 211 g/mol. The van der Waals surface area contributed by atoms with E-state index < -0.39 is 0 Å². The standard InChI is InChI=1S/C9H9NOS.C2H6.H2/c11-9-6-12-8-5-3-1-2-4-7(8)10-9;1-2;/h2-5H,1,6H2,(H,10,11);1-2H3;1H. The lowest BCUT2D eigenvalue weighted by atomic mass is 10.3. The fourth-order valence-electron chi connectivity index (χ4n) is 1.17. The van der Waals surface area contributed by atoms with Crippen molar-refractivity contribution in [3.8, 4) is 0 Å². The van der Waals surface area contributed by atoms with E-state index in [1.165, 1.54) is 4.91 Å². The van der Waals surface area contributed by atoms with E-state index in [4.69, 9.17) is 0 Å². The average molecular weight is 211 g/mol. The van der Waals surface area contributed by atoms with E-state index in [0.717, 1.165) is 12.1 Å². The Balaban J connectivity index is 0.000000617. The molecule has 78 valence electrons. The molecule has 1 amide bonds. The Morgan fingerprint density at radius 1 is 1.36 bits per heavy atom. The zero-order valence-electron chi connectivity index (χ0n) is 8.54. The molecule has 0 aromatic rings. The maximum atomic E-state index is 11.0. The summed E-state index contributed by atoms with van der Waals surface area (Å²) in [7, 11) is 0. The SMILES string of the molecule is CC.O=C1CSC2=C(C=CCC=C2)N1.[HH]. The van der Waals surface area contributed by atoms with Gasteiger partial charge in [-0.05, 0) is 12.5 Å². The van der Waals surface area contributed by atoms with Gasteiger partial charge in [-0.15, -0.1) is 11.8 Å². The molecule has 2 nitrogen and oxygen atoms in total. The molecule has 0 aromatic carbocycles. The second kappa shape index (κ2) is 5.70. The normalized spacial score (nSPS) is 19.1. The van der Waals surface area contributed by atoms with E-state index in [0.29, 0.717) is 5.75 Å². The fourth-order valence-corrected chi connectivity index (χ4v) is 2.00.